The Morgan fingerprint density at radius 1 is 0.958 bits per heavy atom. The van der Waals surface area contributed by atoms with E-state index in [2.05, 4.69) is 35.5 Å². The van der Waals surface area contributed by atoms with Gasteiger partial charge in [-0.1, -0.05) is 17.7 Å². The van der Waals surface area contributed by atoms with E-state index in [1.54, 1.807) is 12.1 Å². The number of fused-ring (bicyclic) bond motifs is 1. The molecule has 5 nitrogen and oxygen atoms in total. The van der Waals surface area contributed by atoms with Gasteiger partial charge in [0, 0.05) is 15.2 Å². The highest BCUT2D eigenvalue weighted by atomic mass is 32.1. The van der Waals surface area contributed by atoms with Gasteiger partial charge in [0.2, 0.25) is 0 Å². The Balaban J connectivity index is 2.18. The molecule has 0 spiro atoms. The van der Waals surface area contributed by atoms with Crippen molar-refractivity contribution in [3.8, 4) is 5.75 Å². The maximum absolute atomic E-state index is 10.6. The van der Waals surface area contributed by atoms with E-state index < -0.39 is 0 Å². The molecule has 0 aliphatic heterocycles. The summed E-state index contributed by atoms with van der Waals surface area (Å²) < 4.78 is 0. The van der Waals surface area contributed by atoms with E-state index in [4.69, 9.17) is 11.5 Å². The lowest BCUT2D eigenvalue weighted by atomic mass is 10.1. The lowest BCUT2D eigenvalue weighted by molar-refractivity contribution is 0.481. The van der Waals surface area contributed by atoms with Crippen LogP contribution in [-0.2, 0) is 0 Å². The third-order valence-corrected chi connectivity index (χ3v) is 4.41. The SMILES string of the molecule is Cc1ccc(/N=N/c2c(S)cc3c(S)cc(N)c(N)c3c2O)cc1. The van der Waals surface area contributed by atoms with Gasteiger partial charge in [-0.05, 0) is 31.2 Å². The van der Waals surface area contributed by atoms with Crippen LogP contribution in [0.25, 0.3) is 10.8 Å². The molecule has 3 aromatic rings. The van der Waals surface area contributed by atoms with E-state index in [1.807, 2.05) is 31.2 Å². The first-order valence-electron chi connectivity index (χ1n) is 7.12. The number of thiol groups is 2. The average Bonchev–Trinajstić information content (AvgIpc) is 2.54. The van der Waals surface area contributed by atoms with E-state index in [0.717, 1.165) is 5.56 Å². The van der Waals surface area contributed by atoms with Gasteiger partial charge in [0.1, 0.15) is 5.69 Å². The minimum Gasteiger partial charge on any atom is -0.505 e. The Kier molecular flexibility index (Phi) is 4.29. The number of aryl methyl sites for hydroxylation is 1. The molecule has 0 fully saturated rings. The Bertz CT molecular complexity index is 969. The number of azo groups is 1. The normalized spacial score (nSPS) is 11.5. The monoisotopic (exact) mass is 356 g/mol. The van der Waals surface area contributed by atoms with Crippen molar-refractivity contribution in [1.29, 1.82) is 0 Å². The zero-order valence-electron chi connectivity index (χ0n) is 12.9. The summed E-state index contributed by atoms with van der Waals surface area (Å²) in [5.41, 5.74) is 14.5. The Labute approximate surface area is 150 Å². The van der Waals surface area contributed by atoms with Crippen LogP contribution in [0.5, 0.6) is 5.75 Å². The molecule has 0 aliphatic carbocycles. The van der Waals surface area contributed by atoms with Gasteiger partial charge in [0.05, 0.1) is 22.4 Å². The van der Waals surface area contributed by atoms with Gasteiger partial charge in [-0.25, -0.2) is 0 Å². The molecule has 0 heterocycles. The smallest absolute Gasteiger partial charge is 0.154 e. The Morgan fingerprint density at radius 2 is 1.62 bits per heavy atom. The van der Waals surface area contributed by atoms with Gasteiger partial charge in [-0.15, -0.1) is 30.4 Å². The van der Waals surface area contributed by atoms with Gasteiger partial charge < -0.3 is 16.6 Å². The maximum Gasteiger partial charge on any atom is 0.154 e. The molecular formula is C17H16N4OS2. The maximum atomic E-state index is 10.6. The van der Waals surface area contributed by atoms with Crippen molar-refractivity contribution in [2.24, 2.45) is 10.2 Å². The van der Waals surface area contributed by atoms with Crippen LogP contribution in [0, 0.1) is 6.92 Å². The molecule has 7 heteroatoms. The highest BCUT2D eigenvalue weighted by molar-refractivity contribution is 7.80. The number of aromatic hydroxyl groups is 1. The van der Waals surface area contributed by atoms with Gasteiger partial charge in [-0.3, -0.25) is 0 Å². The number of rotatable bonds is 2. The largest absolute Gasteiger partial charge is 0.505 e. The summed E-state index contributed by atoms with van der Waals surface area (Å²) >= 11 is 8.77. The second-order valence-electron chi connectivity index (χ2n) is 5.45. The molecule has 0 aliphatic rings. The summed E-state index contributed by atoms with van der Waals surface area (Å²) in [5, 5.41) is 19.9. The minimum absolute atomic E-state index is 0.117. The molecule has 24 heavy (non-hydrogen) atoms. The van der Waals surface area contributed by atoms with Crippen LogP contribution in [0.4, 0.5) is 22.7 Å². The molecule has 122 valence electrons. The molecule has 0 aromatic heterocycles. The number of benzene rings is 3. The first-order chi connectivity index (χ1) is 11.4. The van der Waals surface area contributed by atoms with Crippen LogP contribution in [0.15, 0.2) is 56.4 Å². The van der Waals surface area contributed by atoms with Gasteiger partial charge in [0.15, 0.2) is 5.75 Å². The number of nitrogens with zero attached hydrogens (tertiary/aromatic N) is 2. The van der Waals surface area contributed by atoms with E-state index in [9.17, 15) is 5.11 Å². The molecular weight excluding hydrogens is 340 g/mol. The zero-order chi connectivity index (χ0) is 17.4. The molecule has 0 saturated carbocycles. The van der Waals surface area contributed by atoms with Crippen LogP contribution < -0.4 is 11.5 Å². The van der Waals surface area contributed by atoms with E-state index >= 15 is 0 Å². The Morgan fingerprint density at radius 3 is 2.29 bits per heavy atom. The third-order valence-electron chi connectivity index (χ3n) is 3.70. The lowest BCUT2D eigenvalue weighted by Crippen LogP contribution is -1.96. The van der Waals surface area contributed by atoms with Crippen LogP contribution >= 0.6 is 25.3 Å². The minimum atomic E-state index is -0.117. The van der Waals surface area contributed by atoms with Crippen molar-refractivity contribution in [3.63, 3.8) is 0 Å². The summed E-state index contributed by atoms with van der Waals surface area (Å²) in [6, 6.07) is 10.9. The second kappa shape index (κ2) is 6.26. The first-order valence-corrected chi connectivity index (χ1v) is 8.02. The molecule has 5 N–H and O–H groups in total. The fraction of sp³-hybridized carbons (Fsp3) is 0.0588. The first kappa shape index (κ1) is 16.5. The van der Waals surface area contributed by atoms with Crippen molar-refractivity contribution in [1.82, 2.24) is 0 Å². The fourth-order valence-corrected chi connectivity index (χ4v) is 2.98. The number of nitrogens with two attached hydrogens (primary N) is 2. The highest BCUT2D eigenvalue weighted by Gasteiger charge is 2.16. The van der Waals surface area contributed by atoms with Crippen LogP contribution in [0.1, 0.15) is 5.56 Å². The van der Waals surface area contributed by atoms with E-state index in [0.29, 0.717) is 31.9 Å². The quantitative estimate of drug-likeness (QED) is 0.254. The number of hydrogen-bond acceptors (Lipinski definition) is 7. The molecule has 0 unspecified atom stereocenters. The predicted octanol–water partition coefficient (Wildman–Crippen LogP) is 5.01. The molecule has 0 saturated heterocycles. The second-order valence-corrected chi connectivity index (χ2v) is 6.41. The molecule has 0 amide bonds. The van der Waals surface area contributed by atoms with Crippen molar-refractivity contribution < 1.29 is 5.11 Å². The van der Waals surface area contributed by atoms with Crippen molar-refractivity contribution in [3.05, 3.63) is 42.0 Å². The summed E-state index contributed by atoms with van der Waals surface area (Å²) in [4.78, 5) is 1.07. The summed E-state index contributed by atoms with van der Waals surface area (Å²) in [5.74, 6) is -0.117. The van der Waals surface area contributed by atoms with Crippen molar-refractivity contribution in [2.45, 2.75) is 16.7 Å². The van der Waals surface area contributed by atoms with Crippen molar-refractivity contribution >= 4 is 58.8 Å². The zero-order valence-corrected chi connectivity index (χ0v) is 14.6. The third kappa shape index (κ3) is 2.88. The molecule has 0 atom stereocenters. The fourth-order valence-electron chi connectivity index (χ4n) is 2.38. The molecule has 0 bridgehead atoms. The van der Waals surface area contributed by atoms with Crippen LogP contribution in [-0.4, -0.2) is 5.11 Å². The number of phenols is 1. The topological polar surface area (TPSA) is 97.0 Å². The standard InChI is InChI=1S/C17H16N4OS2/c1-8-2-4-9(5-3-8)20-21-16-13(24)6-10-12(23)7-11(18)15(19)14(10)17(16)22/h2-7,22-24H,18-19H2,1H3/b21-20+. The average molecular weight is 356 g/mol. The summed E-state index contributed by atoms with van der Waals surface area (Å²) in [7, 11) is 0. The Hall–Kier alpha value is -2.38. The highest BCUT2D eigenvalue weighted by Crippen LogP contribution is 2.46. The van der Waals surface area contributed by atoms with E-state index in [-0.39, 0.29) is 17.1 Å². The number of anilines is 2. The number of phenolic OH excluding ortho intramolecular Hbond substituents is 1. The summed E-state index contributed by atoms with van der Waals surface area (Å²) in [6.07, 6.45) is 0. The van der Waals surface area contributed by atoms with Crippen molar-refractivity contribution in [2.75, 3.05) is 11.5 Å². The lowest BCUT2D eigenvalue weighted by Gasteiger charge is -2.12. The molecule has 3 rings (SSSR count). The van der Waals surface area contributed by atoms with E-state index in [1.165, 1.54) is 0 Å². The summed E-state index contributed by atoms with van der Waals surface area (Å²) in [6.45, 7) is 1.99. The predicted molar refractivity (Wildman–Crippen MR) is 104 cm³/mol. The van der Waals surface area contributed by atoms with Crippen LogP contribution in [0.2, 0.25) is 0 Å². The van der Waals surface area contributed by atoms with Gasteiger partial charge >= 0.3 is 0 Å². The van der Waals surface area contributed by atoms with Crippen LogP contribution in [0.3, 0.4) is 0 Å². The molecule has 0 radical (unpaired) electrons. The molecule has 3 aromatic carbocycles. The number of nitrogen functional groups attached to an aromatic ring is 2. The van der Waals surface area contributed by atoms with Gasteiger partial charge in [0.25, 0.3) is 0 Å². The number of hydrogen-bond donors (Lipinski definition) is 5. The van der Waals surface area contributed by atoms with Gasteiger partial charge in [-0.2, -0.15) is 5.11 Å².